The van der Waals surface area contributed by atoms with Crippen molar-refractivity contribution >= 4 is 11.8 Å². The number of nitrogens with zero attached hydrogens (tertiary/aromatic N) is 2. The SMILES string of the molecule is CC=Cc1ccccc1ON=C(c1ccccc1)c1cccnc1. The number of hydrogen-bond acceptors (Lipinski definition) is 3. The zero-order chi connectivity index (χ0) is 16.6. The maximum Gasteiger partial charge on any atom is 0.165 e. The average molecular weight is 314 g/mol. The smallest absolute Gasteiger partial charge is 0.165 e. The third-order valence-corrected chi connectivity index (χ3v) is 3.48. The lowest BCUT2D eigenvalue weighted by atomic mass is 10.0. The van der Waals surface area contributed by atoms with Crippen molar-refractivity contribution < 1.29 is 4.84 Å². The van der Waals surface area contributed by atoms with Gasteiger partial charge in [-0.3, -0.25) is 4.98 Å². The van der Waals surface area contributed by atoms with Gasteiger partial charge in [-0.2, -0.15) is 0 Å². The van der Waals surface area contributed by atoms with Crippen LogP contribution >= 0.6 is 0 Å². The summed E-state index contributed by atoms with van der Waals surface area (Å²) in [6, 6.07) is 21.6. The fraction of sp³-hybridized carbons (Fsp3) is 0.0476. The normalized spacial score (nSPS) is 11.6. The van der Waals surface area contributed by atoms with Gasteiger partial charge in [0.05, 0.1) is 0 Å². The fourth-order valence-corrected chi connectivity index (χ4v) is 2.35. The molecule has 0 amide bonds. The van der Waals surface area contributed by atoms with Gasteiger partial charge < -0.3 is 4.84 Å². The van der Waals surface area contributed by atoms with Gasteiger partial charge in [-0.1, -0.05) is 65.8 Å². The van der Waals surface area contributed by atoms with Crippen molar-refractivity contribution in [2.45, 2.75) is 6.92 Å². The predicted octanol–water partition coefficient (Wildman–Crippen LogP) is 4.95. The molecular weight excluding hydrogens is 296 g/mol. The second kappa shape index (κ2) is 7.88. The van der Waals surface area contributed by atoms with Crippen LogP contribution in [0.2, 0.25) is 0 Å². The summed E-state index contributed by atoms with van der Waals surface area (Å²) in [7, 11) is 0. The molecule has 0 radical (unpaired) electrons. The Morgan fingerprint density at radius 1 is 0.917 bits per heavy atom. The first-order valence-corrected chi connectivity index (χ1v) is 7.81. The van der Waals surface area contributed by atoms with Gasteiger partial charge in [-0.25, -0.2) is 0 Å². The average Bonchev–Trinajstić information content (AvgIpc) is 2.65. The summed E-state index contributed by atoms with van der Waals surface area (Å²) in [6.07, 6.45) is 7.50. The minimum atomic E-state index is 0.716. The van der Waals surface area contributed by atoms with Gasteiger partial charge in [0.25, 0.3) is 0 Å². The Morgan fingerprint density at radius 2 is 1.67 bits per heavy atom. The second-order valence-electron chi connectivity index (χ2n) is 5.18. The van der Waals surface area contributed by atoms with E-state index in [4.69, 9.17) is 4.84 Å². The van der Waals surface area contributed by atoms with E-state index in [1.165, 1.54) is 0 Å². The van der Waals surface area contributed by atoms with Crippen molar-refractivity contribution in [3.8, 4) is 5.75 Å². The molecule has 3 aromatic rings. The molecule has 0 spiro atoms. The van der Waals surface area contributed by atoms with E-state index in [9.17, 15) is 0 Å². The van der Waals surface area contributed by atoms with Gasteiger partial charge in [0.2, 0.25) is 0 Å². The first-order valence-electron chi connectivity index (χ1n) is 7.81. The molecule has 1 heterocycles. The van der Waals surface area contributed by atoms with Gasteiger partial charge in [0.15, 0.2) is 5.75 Å². The van der Waals surface area contributed by atoms with Crippen LogP contribution in [-0.2, 0) is 0 Å². The molecule has 3 nitrogen and oxygen atoms in total. The van der Waals surface area contributed by atoms with Crippen molar-refractivity contribution in [2.75, 3.05) is 0 Å². The molecule has 24 heavy (non-hydrogen) atoms. The zero-order valence-corrected chi connectivity index (χ0v) is 13.5. The Balaban J connectivity index is 1.99. The summed E-state index contributed by atoms with van der Waals surface area (Å²) < 4.78 is 0. The Bertz CT molecular complexity index is 798. The molecule has 2 aromatic carbocycles. The zero-order valence-electron chi connectivity index (χ0n) is 13.5. The molecule has 1 aromatic heterocycles. The Kier molecular flexibility index (Phi) is 5.15. The molecule has 0 N–H and O–H groups in total. The van der Waals surface area contributed by atoms with E-state index in [1.54, 1.807) is 12.4 Å². The first-order chi connectivity index (χ1) is 11.9. The highest BCUT2D eigenvalue weighted by molar-refractivity contribution is 6.12. The molecule has 0 atom stereocenters. The van der Waals surface area contributed by atoms with E-state index in [0.29, 0.717) is 5.75 Å². The lowest BCUT2D eigenvalue weighted by Crippen LogP contribution is -2.06. The van der Waals surface area contributed by atoms with Crippen LogP contribution in [0.5, 0.6) is 5.75 Å². The highest BCUT2D eigenvalue weighted by Crippen LogP contribution is 2.20. The van der Waals surface area contributed by atoms with Gasteiger partial charge in [0, 0.05) is 29.1 Å². The summed E-state index contributed by atoms with van der Waals surface area (Å²) in [5, 5.41) is 4.42. The van der Waals surface area contributed by atoms with Crippen LogP contribution in [0.25, 0.3) is 6.08 Å². The number of hydrogen-bond donors (Lipinski definition) is 0. The molecule has 0 unspecified atom stereocenters. The van der Waals surface area contributed by atoms with E-state index in [0.717, 1.165) is 22.4 Å². The van der Waals surface area contributed by atoms with Crippen LogP contribution < -0.4 is 4.84 Å². The summed E-state index contributed by atoms with van der Waals surface area (Å²) in [4.78, 5) is 9.96. The highest BCUT2D eigenvalue weighted by atomic mass is 16.6. The maximum absolute atomic E-state index is 5.77. The van der Waals surface area contributed by atoms with Crippen LogP contribution in [-0.4, -0.2) is 10.7 Å². The van der Waals surface area contributed by atoms with Gasteiger partial charge >= 0.3 is 0 Å². The number of pyridine rings is 1. The van der Waals surface area contributed by atoms with E-state index in [-0.39, 0.29) is 0 Å². The first kappa shape index (κ1) is 15.7. The fourth-order valence-electron chi connectivity index (χ4n) is 2.35. The molecule has 3 heteroatoms. The molecule has 3 rings (SSSR count). The van der Waals surface area contributed by atoms with Crippen LogP contribution in [0.4, 0.5) is 0 Å². The van der Waals surface area contributed by atoms with Gasteiger partial charge in [0.1, 0.15) is 5.71 Å². The second-order valence-corrected chi connectivity index (χ2v) is 5.18. The summed E-state index contributed by atoms with van der Waals surface area (Å²) >= 11 is 0. The van der Waals surface area contributed by atoms with Crippen molar-refractivity contribution in [1.82, 2.24) is 4.98 Å². The molecule has 0 aliphatic rings. The third kappa shape index (κ3) is 3.76. The quantitative estimate of drug-likeness (QED) is 0.493. The summed E-state index contributed by atoms with van der Waals surface area (Å²) in [5.74, 6) is 0.716. The van der Waals surface area contributed by atoms with Gasteiger partial charge in [-0.05, 0) is 25.1 Å². The number of allylic oxidation sites excluding steroid dienone is 1. The van der Waals surface area contributed by atoms with Crippen LogP contribution in [0.3, 0.4) is 0 Å². The molecule has 0 bridgehead atoms. The maximum atomic E-state index is 5.77. The van der Waals surface area contributed by atoms with Crippen molar-refractivity contribution in [1.29, 1.82) is 0 Å². The number of aromatic nitrogens is 1. The molecular formula is C21H18N2O. The van der Waals surface area contributed by atoms with Crippen LogP contribution in [0.15, 0.2) is 90.4 Å². The Hall–Kier alpha value is -3.20. The predicted molar refractivity (Wildman–Crippen MR) is 98.1 cm³/mol. The lowest BCUT2D eigenvalue weighted by Gasteiger charge is -2.08. The molecule has 118 valence electrons. The standard InChI is InChI=1S/C21H18N2O/c1-2-9-17-10-6-7-14-20(17)24-23-21(18-11-4-3-5-12-18)19-13-8-15-22-16-19/h2-16H,1H3. The Labute approximate surface area is 141 Å². The molecule has 0 saturated heterocycles. The summed E-state index contributed by atoms with van der Waals surface area (Å²) in [5.41, 5.74) is 3.63. The van der Waals surface area contributed by atoms with E-state index >= 15 is 0 Å². The highest BCUT2D eigenvalue weighted by Gasteiger charge is 2.08. The molecule has 0 saturated carbocycles. The number of para-hydroxylation sites is 1. The molecule has 0 fully saturated rings. The number of benzene rings is 2. The van der Waals surface area contributed by atoms with Crippen molar-refractivity contribution in [3.05, 3.63) is 102 Å². The number of rotatable bonds is 5. The number of oxime groups is 1. The van der Waals surface area contributed by atoms with E-state index in [1.807, 2.05) is 85.8 Å². The topological polar surface area (TPSA) is 34.5 Å². The lowest BCUT2D eigenvalue weighted by molar-refractivity contribution is 0.341. The minimum absolute atomic E-state index is 0.716. The molecule has 0 aliphatic carbocycles. The monoisotopic (exact) mass is 314 g/mol. The van der Waals surface area contributed by atoms with E-state index in [2.05, 4.69) is 10.1 Å². The van der Waals surface area contributed by atoms with Crippen molar-refractivity contribution in [3.63, 3.8) is 0 Å². The minimum Gasteiger partial charge on any atom is -0.356 e. The van der Waals surface area contributed by atoms with E-state index < -0.39 is 0 Å². The molecule has 0 aliphatic heterocycles. The third-order valence-electron chi connectivity index (χ3n) is 3.48. The largest absolute Gasteiger partial charge is 0.356 e. The van der Waals surface area contributed by atoms with Crippen molar-refractivity contribution in [2.24, 2.45) is 5.16 Å². The van der Waals surface area contributed by atoms with Gasteiger partial charge in [-0.15, -0.1) is 0 Å². The Morgan fingerprint density at radius 3 is 2.42 bits per heavy atom. The van der Waals surface area contributed by atoms with Crippen LogP contribution in [0, 0.1) is 0 Å². The van der Waals surface area contributed by atoms with Crippen LogP contribution in [0.1, 0.15) is 23.6 Å². The summed E-state index contributed by atoms with van der Waals surface area (Å²) in [6.45, 7) is 1.98.